The number of thioether (sulfide) groups is 1. The van der Waals surface area contributed by atoms with Gasteiger partial charge in [-0.3, -0.25) is 0 Å². The summed E-state index contributed by atoms with van der Waals surface area (Å²) in [6.07, 6.45) is 0. The summed E-state index contributed by atoms with van der Waals surface area (Å²) in [7, 11) is 1.65. The molecule has 3 rings (SSSR count). The maximum atomic E-state index is 5.41. The van der Waals surface area contributed by atoms with Crippen LogP contribution in [0.25, 0.3) is 0 Å². The van der Waals surface area contributed by atoms with Crippen molar-refractivity contribution in [1.82, 2.24) is 30.3 Å². The van der Waals surface area contributed by atoms with Crippen molar-refractivity contribution in [2.45, 2.75) is 50.1 Å². The average molecular weight is 374 g/mol. The molecule has 9 heteroatoms. The van der Waals surface area contributed by atoms with Crippen LogP contribution in [0.5, 0.6) is 5.75 Å². The van der Waals surface area contributed by atoms with Crippen LogP contribution in [0.15, 0.2) is 33.9 Å². The predicted octanol–water partition coefficient (Wildman–Crippen LogP) is 3.26. The van der Waals surface area contributed by atoms with E-state index in [-0.39, 0.29) is 10.7 Å². The van der Waals surface area contributed by atoms with Gasteiger partial charge in [0.05, 0.1) is 18.9 Å². The smallest absolute Gasteiger partial charge is 0.239 e. The molecule has 1 unspecified atom stereocenters. The first kappa shape index (κ1) is 18.4. The van der Waals surface area contributed by atoms with Crippen LogP contribution >= 0.6 is 11.8 Å². The Morgan fingerprint density at radius 3 is 2.58 bits per heavy atom. The van der Waals surface area contributed by atoms with Crippen molar-refractivity contribution < 1.29 is 9.26 Å². The molecule has 0 N–H and O–H groups in total. The Labute approximate surface area is 156 Å². The molecule has 0 bridgehead atoms. The molecule has 1 aromatic carbocycles. The largest absolute Gasteiger partial charge is 0.497 e. The van der Waals surface area contributed by atoms with Crippen molar-refractivity contribution in [1.29, 1.82) is 0 Å². The summed E-state index contributed by atoms with van der Waals surface area (Å²) in [5, 5.41) is 16.7. The first-order chi connectivity index (χ1) is 12.4. The van der Waals surface area contributed by atoms with Gasteiger partial charge < -0.3 is 9.26 Å². The zero-order valence-electron chi connectivity index (χ0n) is 15.5. The first-order valence-electron chi connectivity index (χ1n) is 8.26. The molecule has 2 heterocycles. The van der Waals surface area contributed by atoms with E-state index in [4.69, 9.17) is 9.26 Å². The fourth-order valence-corrected chi connectivity index (χ4v) is 3.02. The fourth-order valence-electron chi connectivity index (χ4n) is 2.20. The highest BCUT2D eigenvalue weighted by molar-refractivity contribution is 7.99. The predicted molar refractivity (Wildman–Crippen MR) is 97.2 cm³/mol. The molecule has 26 heavy (non-hydrogen) atoms. The highest BCUT2D eigenvalue weighted by atomic mass is 32.2. The lowest BCUT2D eigenvalue weighted by atomic mass is 9.96. The Balaban J connectivity index is 1.70. The topological polar surface area (TPSA) is 91.8 Å². The van der Waals surface area contributed by atoms with Crippen LogP contribution in [0.1, 0.15) is 50.2 Å². The lowest BCUT2D eigenvalue weighted by Crippen LogP contribution is -2.13. The normalized spacial score (nSPS) is 13.0. The van der Waals surface area contributed by atoms with E-state index in [9.17, 15) is 0 Å². The Bertz CT molecular complexity index is 853. The van der Waals surface area contributed by atoms with E-state index in [0.717, 1.165) is 11.3 Å². The minimum absolute atomic E-state index is 0.0563. The number of methoxy groups -OCH3 is 1. The van der Waals surface area contributed by atoms with Gasteiger partial charge in [0.2, 0.25) is 11.0 Å². The van der Waals surface area contributed by atoms with Crippen molar-refractivity contribution in [3.05, 3.63) is 41.5 Å². The van der Waals surface area contributed by atoms with Crippen LogP contribution in [-0.4, -0.2) is 37.5 Å². The zero-order chi connectivity index (χ0) is 18.7. The molecule has 2 aromatic heterocycles. The molecule has 0 amide bonds. The third-order valence-electron chi connectivity index (χ3n) is 3.73. The van der Waals surface area contributed by atoms with Gasteiger partial charge in [-0.2, -0.15) is 4.98 Å². The van der Waals surface area contributed by atoms with Crippen LogP contribution in [0.4, 0.5) is 0 Å². The van der Waals surface area contributed by atoms with Crippen molar-refractivity contribution in [2.75, 3.05) is 7.11 Å². The third kappa shape index (κ3) is 4.21. The van der Waals surface area contributed by atoms with E-state index in [0.29, 0.717) is 23.4 Å². The number of rotatable bonds is 6. The van der Waals surface area contributed by atoms with Crippen molar-refractivity contribution in [3.8, 4) is 5.75 Å². The van der Waals surface area contributed by atoms with Crippen LogP contribution in [0.3, 0.4) is 0 Å². The highest BCUT2D eigenvalue weighted by Crippen LogP contribution is 2.33. The van der Waals surface area contributed by atoms with Gasteiger partial charge in [-0.1, -0.05) is 49.8 Å². The molecule has 0 aliphatic heterocycles. The summed E-state index contributed by atoms with van der Waals surface area (Å²) < 4.78 is 12.3. The van der Waals surface area contributed by atoms with E-state index in [1.165, 1.54) is 11.8 Å². The van der Waals surface area contributed by atoms with Gasteiger partial charge in [0.15, 0.2) is 5.82 Å². The van der Waals surface area contributed by atoms with Crippen molar-refractivity contribution in [3.63, 3.8) is 0 Å². The molecule has 0 fully saturated rings. The zero-order valence-corrected chi connectivity index (χ0v) is 16.3. The summed E-state index contributed by atoms with van der Waals surface area (Å²) in [4.78, 5) is 4.50. The van der Waals surface area contributed by atoms with Gasteiger partial charge in [0.25, 0.3) is 0 Å². The molecule has 0 aliphatic carbocycles. The standard InChI is InChI=1S/C17H22N6O2S/c1-11(14-18-15(20-25-14)17(2,3)4)26-16-19-21-22-23(16)10-12-6-8-13(24-5)9-7-12/h6-9,11H,10H2,1-5H3. The van der Waals surface area contributed by atoms with Crippen LogP contribution in [0.2, 0.25) is 0 Å². The Morgan fingerprint density at radius 1 is 1.23 bits per heavy atom. The second kappa shape index (κ2) is 7.45. The second-order valence-corrected chi connectivity index (χ2v) is 8.24. The maximum absolute atomic E-state index is 5.41. The SMILES string of the molecule is COc1ccc(Cn2nnnc2SC(C)c2nc(C(C)(C)C)no2)cc1. The molecule has 0 radical (unpaired) electrons. The Kier molecular flexibility index (Phi) is 5.26. The molecule has 0 spiro atoms. The molecule has 0 saturated heterocycles. The molecular formula is C17H22N6O2S. The van der Waals surface area contributed by atoms with Gasteiger partial charge in [-0.05, 0) is 35.0 Å². The van der Waals surface area contributed by atoms with E-state index in [1.807, 2.05) is 31.2 Å². The molecule has 0 saturated carbocycles. The summed E-state index contributed by atoms with van der Waals surface area (Å²) in [6, 6.07) is 7.82. The van der Waals surface area contributed by atoms with E-state index in [1.54, 1.807) is 11.8 Å². The fraction of sp³-hybridized carbons (Fsp3) is 0.471. The summed E-state index contributed by atoms with van der Waals surface area (Å²) in [5.41, 5.74) is 0.933. The molecule has 3 aromatic rings. The van der Waals surface area contributed by atoms with E-state index in [2.05, 4.69) is 46.4 Å². The summed E-state index contributed by atoms with van der Waals surface area (Å²) >= 11 is 1.49. The van der Waals surface area contributed by atoms with E-state index < -0.39 is 0 Å². The number of nitrogens with zero attached hydrogens (tertiary/aromatic N) is 6. The number of hydrogen-bond donors (Lipinski definition) is 0. The average Bonchev–Trinajstić information content (AvgIpc) is 3.25. The summed E-state index contributed by atoms with van der Waals surface area (Å²) in [5.74, 6) is 2.08. The molecule has 0 aliphatic rings. The highest BCUT2D eigenvalue weighted by Gasteiger charge is 2.24. The summed E-state index contributed by atoms with van der Waals surface area (Å²) in [6.45, 7) is 8.72. The van der Waals surface area contributed by atoms with Gasteiger partial charge in [-0.15, -0.1) is 5.10 Å². The Morgan fingerprint density at radius 2 is 1.96 bits per heavy atom. The van der Waals surface area contributed by atoms with Gasteiger partial charge in [0.1, 0.15) is 5.75 Å². The number of tetrazole rings is 1. The number of hydrogen-bond acceptors (Lipinski definition) is 8. The third-order valence-corrected chi connectivity index (χ3v) is 4.79. The second-order valence-electron chi connectivity index (χ2n) is 6.93. The molecule has 8 nitrogen and oxygen atoms in total. The lowest BCUT2D eigenvalue weighted by Gasteiger charge is -2.11. The molecular weight excluding hydrogens is 352 g/mol. The minimum atomic E-state index is -0.151. The number of aromatic nitrogens is 6. The van der Waals surface area contributed by atoms with Gasteiger partial charge >= 0.3 is 0 Å². The number of benzene rings is 1. The molecule has 1 atom stereocenters. The number of ether oxygens (including phenoxy) is 1. The molecule has 138 valence electrons. The van der Waals surface area contributed by atoms with Crippen molar-refractivity contribution >= 4 is 11.8 Å². The van der Waals surface area contributed by atoms with Crippen LogP contribution in [-0.2, 0) is 12.0 Å². The van der Waals surface area contributed by atoms with Gasteiger partial charge in [-0.25, -0.2) is 4.68 Å². The quantitative estimate of drug-likeness (QED) is 0.607. The van der Waals surface area contributed by atoms with Crippen LogP contribution < -0.4 is 4.74 Å². The van der Waals surface area contributed by atoms with Crippen LogP contribution in [0, 0.1) is 0 Å². The van der Waals surface area contributed by atoms with Gasteiger partial charge in [0, 0.05) is 5.41 Å². The lowest BCUT2D eigenvalue weighted by molar-refractivity contribution is 0.364. The van der Waals surface area contributed by atoms with E-state index >= 15 is 0 Å². The first-order valence-corrected chi connectivity index (χ1v) is 9.14. The Hall–Kier alpha value is -2.42. The minimum Gasteiger partial charge on any atom is -0.497 e. The maximum Gasteiger partial charge on any atom is 0.239 e. The monoisotopic (exact) mass is 374 g/mol. The van der Waals surface area contributed by atoms with Crippen molar-refractivity contribution in [2.24, 2.45) is 0 Å².